The van der Waals surface area contributed by atoms with Crippen LogP contribution >= 0.6 is 0 Å². The normalized spacial score (nSPS) is 12.8. The van der Waals surface area contributed by atoms with Gasteiger partial charge in [0.1, 0.15) is 0 Å². The molecule has 78 valence electrons. The van der Waals surface area contributed by atoms with Crippen LogP contribution in [0.25, 0.3) is 0 Å². The number of nitrogens with two attached hydrogens (primary N) is 1. The molecular formula is C12H19NO. The van der Waals surface area contributed by atoms with Crippen LogP contribution in [0.15, 0.2) is 24.3 Å². The standard InChI is InChI=1S/C12H19NO/c1-10(13)3-4-11-5-7-12(8-6-11)9-14-2/h5-8,10H,3-4,9,13H2,1-2H3/t10-/m1/s1. The SMILES string of the molecule is COCc1ccc(CC[C@@H](C)N)cc1. The first-order chi connectivity index (χ1) is 6.72. The van der Waals surface area contributed by atoms with Crippen LogP contribution in [0, 0.1) is 0 Å². The van der Waals surface area contributed by atoms with Crippen molar-refractivity contribution in [3.63, 3.8) is 0 Å². The maximum absolute atomic E-state index is 5.70. The van der Waals surface area contributed by atoms with Gasteiger partial charge >= 0.3 is 0 Å². The Balaban J connectivity index is 2.46. The molecule has 1 rings (SSSR count). The summed E-state index contributed by atoms with van der Waals surface area (Å²) in [6, 6.07) is 8.81. The summed E-state index contributed by atoms with van der Waals surface area (Å²) < 4.78 is 5.05. The summed E-state index contributed by atoms with van der Waals surface area (Å²) in [6.07, 6.45) is 2.11. The fourth-order valence-electron chi connectivity index (χ4n) is 1.36. The molecule has 1 aromatic carbocycles. The van der Waals surface area contributed by atoms with Crippen molar-refractivity contribution < 1.29 is 4.74 Å². The second-order valence-electron chi connectivity index (χ2n) is 3.77. The molecule has 2 N–H and O–H groups in total. The lowest BCUT2D eigenvalue weighted by Gasteiger charge is -2.05. The van der Waals surface area contributed by atoms with Crippen LogP contribution in [-0.4, -0.2) is 13.2 Å². The summed E-state index contributed by atoms with van der Waals surface area (Å²) in [5.41, 5.74) is 8.27. The topological polar surface area (TPSA) is 35.2 Å². The Morgan fingerprint density at radius 2 is 1.79 bits per heavy atom. The third kappa shape index (κ3) is 3.90. The molecule has 0 heterocycles. The Kier molecular flexibility index (Phi) is 4.63. The van der Waals surface area contributed by atoms with Crippen molar-refractivity contribution >= 4 is 0 Å². The van der Waals surface area contributed by atoms with E-state index in [9.17, 15) is 0 Å². The molecule has 0 aliphatic rings. The molecule has 0 fully saturated rings. The molecule has 0 radical (unpaired) electrons. The van der Waals surface area contributed by atoms with E-state index in [-0.39, 0.29) is 6.04 Å². The minimum atomic E-state index is 0.286. The lowest BCUT2D eigenvalue weighted by molar-refractivity contribution is 0.185. The van der Waals surface area contributed by atoms with Gasteiger partial charge in [0.2, 0.25) is 0 Å². The summed E-state index contributed by atoms with van der Waals surface area (Å²) in [7, 11) is 1.71. The lowest BCUT2D eigenvalue weighted by atomic mass is 10.1. The number of benzene rings is 1. The van der Waals surface area contributed by atoms with Gasteiger partial charge in [0.15, 0.2) is 0 Å². The largest absolute Gasteiger partial charge is 0.380 e. The number of hydrogen-bond acceptors (Lipinski definition) is 2. The maximum Gasteiger partial charge on any atom is 0.0713 e. The molecule has 1 atom stereocenters. The van der Waals surface area contributed by atoms with Crippen LogP contribution in [0.3, 0.4) is 0 Å². The summed E-state index contributed by atoms with van der Waals surface area (Å²) in [5.74, 6) is 0. The molecule has 14 heavy (non-hydrogen) atoms. The summed E-state index contributed by atoms with van der Waals surface area (Å²) >= 11 is 0. The molecule has 0 saturated carbocycles. The predicted octanol–water partition coefficient (Wildman–Crippen LogP) is 2.11. The van der Waals surface area contributed by atoms with E-state index in [4.69, 9.17) is 10.5 Å². The maximum atomic E-state index is 5.70. The van der Waals surface area contributed by atoms with Crippen LogP contribution in [0.4, 0.5) is 0 Å². The molecule has 0 aromatic heterocycles. The van der Waals surface area contributed by atoms with E-state index in [0.717, 1.165) is 12.8 Å². The zero-order valence-corrected chi connectivity index (χ0v) is 8.99. The van der Waals surface area contributed by atoms with Crippen molar-refractivity contribution in [3.8, 4) is 0 Å². The van der Waals surface area contributed by atoms with E-state index in [1.807, 2.05) is 6.92 Å². The Morgan fingerprint density at radius 1 is 1.21 bits per heavy atom. The average Bonchev–Trinajstić information content (AvgIpc) is 2.17. The van der Waals surface area contributed by atoms with Crippen molar-refractivity contribution in [2.75, 3.05) is 7.11 Å². The van der Waals surface area contributed by atoms with E-state index in [2.05, 4.69) is 24.3 Å². The molecule has 2 nitrogen and oxygen atoms in total. The first kappa shape index (κ1) is 11.2. The quantitative estimate of drug-likeness (QED) is 0.777. The van der Waals surface area contributed by atoms with E-state index in [1.165, 1.54) is 11.1 Å². The average molecular weight is 193 g/mol. The zero-order valence-electron chi connectivity index (χ0n) is 8.99. The molecular weight excluding hydrogens is 174 g/mol. The molecule has 2 heteroatoms. The summed E-state index contributed by atoms with van der Waals surface area (Å²) in [6.45, 7) is 2.73. The van der Waals surface area contributed by atoms with Crippen molar-refractivity contribution in [1.82, 2.24) is 0 Å². The van der Waals surface area contributed by atoms with Gasteiger partial charge in [0.25, 0.3) is 0 Å². The second-order valence-corrected chi connectivity index (χ2v) is 3.77. The van der Waals surface area contributed by atoms with Gasteiger partial charge < -0.3 is 10.5 Å². The number of methoxy groups -OCH3 is 1. The van der Waals surface area contributed by atoms with Gasteiger partial charge in [0, 0.05) is 13.2 Å². The monoisotopic (exact) mass is 193 g/mol. The van der Waals surface area contributed by atoms with E-state index in [0.29, 0.717) is 6.61 Å². The van der Waals surface area contributed by atoms with E-state index in [1.54, 1.807) is 7.11 Å². The predicted molar refractivity (Wildman–Crippen MR) is 59.1 cm³/mol. The van der Waals surface area contributed by atoms with Gasteiger partial charge in [0.05, 0.1) is 6.61 Å². The first-order valence-corrected chi connectivity index (χ1v) is 5.04. The third-order valence-corrected chi connectivity index (χ3v) is 2.22. The van der Waals surface area contributed by atoms with Gasteiger partial charge in [-0.05, 0) is 30.9 Å². The van der Waals surface area contributed by atoms with Gasteiger partial charge in [-0.1, -0.05) is 24.3 Å². The molecule has 0 aliphatic carbocycles. The Bertz CT molecular complexity index is 254. The van der Waals surface area contributed by atoms with Crippen LogP contribution in [-0.2, 0) is 17.8 Å². The number of hydrogen-bond donors (Lipinski definition) is 1. The molecule has 0 saturated heterocycles. The van der Waals surface area contributed by atoms with Gasteiger partial charge in [-0.25, -0.2) is 0 Å². The summed E-state index contributed by atoms with van der Waals surface area (Å²) in [5, 5.41) is 0. The zero-order chi connectivity index (χ0) is 10.4. The third-order valence-electron chi connectivity index (χ3n) is 2.22. The molecule has 0 aliphatic heterocycles. The number of aryl methyl sites for hydroxylation is 1. The lowest BCUT2D eigenvalue weighted by Crippen LogP contribution is -2.15. The van der Waals surface area contributed by atoms with Crippen molar-refractivity contribution in [3.05, 3.63) is 35.4 Å². The van der Waals surface area contributed by atoms with Crippen molar-refractivity contribution in [1.29, 1.82) is 0 Å². The van der Waals surface area contributed by atoms with Gasteiger partial charge in [-0.2, -0.15) is 0 Å². The molecule has 0 bridgehead atoms. The Hall–Kier alpha value is -0.860. The Morgan fingerprint density at radius 3 is 2.29 bits per heavy atom. The fraction of sp³-hybridized carbons (Fsp3) is 0.500. The minimum absolute atomic E-state index is 0.286. The highest BCUT2D eigenvalue weighted by Crippen LogP contribution is 2.08. The fourth-order valence-corrected chi connectivity index (χ4v) is 1.36. The second kappa shape index (κ2) is 5.78. The smallest absolute Gasteiger partial charge is 0.0713 e. The Labute approximate surface area is 86.1 Å². The van der Waals surface area contributed by atoms with Crippen LogP contribution in [0.1, 0.15) is 24.5 Å². The number of rotatable bonds is 5. The van der Waals surface area contributed by atoms with E-state index >= 15 is 0 Å². The van der Waals surface area contributed by atoms with Gasteiger partial charge in [-0.3, -0.25) is 0 Å². The van der Waals surface area contributed by atoms with Crippen molar-refractivity contribution in [2.24, 2.45) is 5.73 Å². The summed E-state index contributed by atoms with van der Waals surface area (Å²) in [4.78, 5) is 0. The number of ether oxygens (including phenoxy) is 1. The van der Waals surface area contributed by atoms with Crippen LogP contribution < -0.4 is 5.73 Å². The highest BCUT2D eigenvalue weighted by atomic mass is 16.5. The molecule has 0 amide bonds. The highest BCUT2D eigenvalue weighted by molar-refractivity contribution is 5.22. The van der Waals surface area contributed by atoms with Crippen LogP contribution in [0.5, 0.6) is 0 Å². The highest BCUT2D eigenvalue weighted by Gasteiger charge is 1.97. The minimum Gasteiger partial charge on any atom is -0.380 e. The first-order valence-electron chi connectivity index (χ1n) is 5.04. The molecule has 0 spiro atoms. The van der Waals surface area contributed by atoms with E-state index < -0.39 is 0 Å². The molecule has 1 aromatic rings. The van der Waals surface area contributed by atoms with Gasteiger partial charge in [-0.15, -0.1) is 0 Å². The van der Waals surface area contributed by atoms with Crippen LogP contribution in [0.2, 0.25) is 0 Å². The van der Waals surface area contributed by atoms with Crippen molar-refractivity contribution in [2.45, 2.75) is 32.4 Å². The molecule has 0 unspecified atom stereocenters.